The van der Waals surface area contributed by atoms with Crippen molar-refractivity contribution < 1.29 is 22.6 Å². The Bertz CT molecular complexity index is 386. The molecule has 90 valence electrons. The Kier molecular flexibility index (Phi) is 4.48. The third-order valence-corrected chi connectivity index (χ3v) is 2.58. The molecular formula is C8H6ClF3INO2. The van der Waals surface area contributed by atoms with Crippen LogP contribution in [0.1, 0.15) is 5.69 Å². The minimum atomic E-state index is -4.75. The van der Waals surface area contributed by atoms with Crippen LogP contribution in [0.4, 0.5) is 13.2 Å². The van der Waals surface area contributed by atoms with E-state index in [-0.39, 0.29) is 15.3 Å². The number of alkyl halides is 4. The second kappa shape index (κ2) is 5.26. The van der Waals surface area contributed by atoms with Gasteiger partial charge in [0.15, 0.2) is 5.75 Å². The van der Waals surface area contributed by atoms with Crippen molar-refractivity contribution in [2.24, 2.45) is 0 Å². The monoisotopic (exact) mass is 367 g/mol. The summed E-state index contributed by atoms with van der Waals surface area (Å²) < 4.78 is 44.8. The maximum Gasteiger partial charge on any atom is 0.573 e. The molecule has 16 heavy (non-hydrogen) atoms. The number of halogens is 5. The largest absolute Gasteiger partial charge is 0.573 e. The number of methoxy groups -OCH3 is 1. The maximum absolute atomic E-state index is 12.0. The topological polar surface area (TPSA) is 31.4 Å². The van der Waals surface area contributed by atoms with Gasteiger partial charge >= 0.3 is 6.36 Å². The number of aromatic nitrogens is 1. The number of pyridine rings is 1. The standard InChI is InChI=1S/C8H6ClF3INO2/c1-15-5-2-6(16-8(10,11)12)7(13)14-4(5)3-9/h2H,3H2,1H3. The molecule has 0 unspecified atom stereocenters. The SMILES string of the molecule is COc1cc(OC(F)(F)F)c(I)nc1CCl. The van der Waals surface area contributed by atoms with Crippen molar-refractivity contribution in [3.63, 3.8) is 0 Å². The lowest BCUT2D eigenvalue weighted by Gasteiger charge is -2.12. The number of hydrogen-bond acceptors (Lipinski definition) is 3. The molecule has 0 saturated heterocycles. The lowest BCUT2D eigenvalue weighted by molar-refractivity contribution is -0.275. The van der Waals surface area contributed by atoms with Gasteiger partial charge in [-0.05, 0) is 22.6 Å². The molecule has 0 bridgehead atoms. The Hall–Kier alpha value is -0.440. The van der Waals surface area contributed by atoms with Gasteiger partial charge < -0.3 is 9.47 Å². The van der Waals surface area contributed by atoms with Gasteiger partial charge in [0.1, 0.15) is 9.45 Å². The maximum atomic E-state index is 12.0. The van der Waals surface area contributed by atoms with Gasteiger partial charge in [-0.25, -0.2) is 4.98 Å². The average Bonchev–Trinajstić information content (AvgIpc) is 2.18. The van der Waals surface area contributed by atoms with Crippen LogP contribution in [0.2, 0.25) is 0 Å². The summed E-state index contributed by atoms with van der Waals surface area (Å²) in [6.07, 6.45) is -4.75. The minimum Gasteiger partial charge on any atom is -0.495 e. The quantitative estimate of drug-likeness (QED) is 0.467. The van der Waals surface area contributed by atoms with E-state index in [1.807, 2.05) is 0 Å². The predicted octanol–water partition coefficient (Wildman–Crippen LogP) is 3.33. The third-order valence-electron chi connectivity index (χ3n) is 1.56. The molecule has 0 aliphatic carbocycles. The van der Waals surface area contributed by atoms with Crippen LogP contribution in [0.15, 0.2) is 6.07 Å². The first-order chi connectivity index (χ1) is 7.37. The molecule has 0 aliphatic rings. The fourth-order valence-electron chi connectivity index (χ4n) is 0.959. The zero-order valence-corrected chi connectivity index (χ0v) is 10.9. The number of rotatable bonds is 3. The van der Waals surface area contributed by atoms with E-state index in [2.05, 4.69) is 9.72 Å². The van der Waals surface area contributed by atoms with Crippen molar-refractivity contribution in [3.8, 4) is 11.5 Å². The molecule has 0 aromatic carbocycles. The molecule has 0 fully saturated rings. The number of hydrogen-bond donors (Lipinski definition) is 0. The van der Waals surface area contributed by atoms with Crippen LogP contribution in [0.3, 0.4) is 0 Å². The average molecular weight is 367 g/mol. The highest BCUT2D eigenvalue weighted by molar-refractivity contribution is 14.1. The number of nitrogens with zero attached hydrogens (tertiary/aromatic N) is 1. The summed E-state index contributed by atoms with van der Waals surface area (Å²) in [6.45, 7) is 0. The summed E-state index contributed by atoms with van der Waals surface area (Å²) in [6, 6.07) is 1.11. The number of ether oxygens (including phenoxy) is 2. The van der Waals surface area contributed by atoms with Gasteiger partial charge in [0, 0.05) is 6.07 Å². The summed E-state index contributed by atoms with van der Waals surface area (Å²) in [5.74, 6) is -0.195. The first kappa shape index (κ1) is 13.6. The summed E-state index contributed by atoms with van der Waals surface area (Å²) in [7, 11) is 1.32. The lowest BCUT2D eigenvalue weighted by atomic mass is 10.3. The van der Waals surface area contributed by atoms with Crippen LogP contribution in [-0.2, 0) is 5.88 Å². The molecule has 1 aromatic rings. The first-order valence-electron chi connectivity index (χ1n) is 3.92. The highest BCUT2D eigenvalue weighted by atomic mass is 127. The van der Waals surface area contributed by atoms with Gasteiger partial charge in [0.05, 0.1) is 18.7 Å². The van der Waals surface area contributed by atoms with Crippen molar-refractivity contribution in [2.75, 3.05) is 7.11 Å². The Labute approximate surface area is 108 Å². The van der Waals surface area contributed by atoms with Crippen molar-refractivity contribution in [2.45, 2.75) is 12.2 Å². The van der Waals surface area contributed by atoms with Gasteiger partial charge in [-0.2, -0.15) is 0 Å². The summed E-state index contributed by atoms with van der Waals surface area (Å²) in [4.78, 5) is 3.85. The Morgan fingerprint density at radius 3 is 2.50 bits per heavy atom. The molecule has 0 aliphatic heterocycles. The molecular weight excluding hydrogens is 361 g/mol. The Morgan fingerprint density at radius 2 is 2.06 bits per heavy atom. The van der Waals surface area contributed by atoms with Crippen LogP contribution in [-0.4, -0.2) is 18.5 Å². The minimum absolute atomic E-state index is 0.0471. The highest BCUT2D eigenvalue weighted by Crippen LogP contribution is 2.32. The van der Waals surface area contributed by atoms with Gasteiger partial charge in [-0.3, -0.25) is 0 Å². The van der Waals surface area contributed by atoms with Crippen molar-refractivity contribution >= 4 is 34.2 Å². The molecule has 3 nitrogen and oxygen atoms in total. The van der Waals surface area contributed by atoms with E-state index in [0.29, 0.717) is 5.69 Å². The zero-order valence-electron chi connectivity index (χ0n) is 7.94. The van der Waals surface area contributed by atoms with Crippen molar-refractivity contribution in [1.82, 2.24) is 4.98 Å². The van der Waals surface area contributed by atoms with Gasteiger partial charge in [0.2, 0.25) is 0 Å². The summed E-state index contributed by atoms with van der Waals surface area (Å²) in [5.41, 5.74) is 0.364. The second-order valence-corrected chi connectivity index (χ2v) is 3.90. The fraction of sp³-hybridized carbons (Fsp3) is 0.375. The molecule has 0 spiro atoms. The molecule has 0 amide bonds. The fourth-order valence-corrected chi connectivity index (χ4v) is 1.71. The van der Waals surface area contributed by atoms with Crippen molar-refractivity contribution in [1.29, 1.82) is 0 Å². The van der Waals surface area contributed by atoms with E-state index in [0.717, 1.165) is 6.07 Å². The van der Waals surface area contributed by atoms with Crippen LogP contribution < -0.4 is 9.47 Å². The first-order valence-corrected chi connectivity index (χ1v) is 5.54. The Balaban J connectivity index is 3.11. The zero-order chi connectivity index (χ0) is 12.3. The van der Waals surface area contributed by atoms with Crippen LogP contribution in [0.25, 0.3) is 0 Å². The van der Waals surface area contributed by atoms with Crippen molar-refractivity contribution in [3.05, 3.63) is 15.5 Å². The van der Waals surface area contributed by atoms with Crippen LogP contribution >= 0.6 is 34.2 Å². The Morgan fingerprint density at radius 1 is 1.44 bits per heavy atom. The van der Waals surface area contributed by atoms with E-state index in [4.69, 9.17) is 16.3 Å². The lowest BCUT2D eigenvalue weighted by Crippen LogP contribution is -2.18. The van der Waals surface area contributed by atoms with Crippen LogP contribution in [0, 0.1) is 3.70 Å². The molecule has 0 atom stereocenters. The van der Waals surface area contributed by atoms with Gasteiger partial charge in [-0.15, -0.1) is 24.8 Å². The highest BCUT2D eigenvalue weighted by Gasteiger charge is 2.32. The normalized spacial score (nSPS) is 11.4. The summed E-state index contributed by atoms with van der Waals surface area (Å²) >= 11 is 7.19. The van der Waals surface area contributed by atoms with E-state index in [9.17, 15) is 13.2 Å². The van der Waals surface area contributed by atoms with Gasteiger partial charge in [-0.1, -0.05) is 0 Å². The molecule has 1 rings (SSSR count). The molecule has 0 radical (unpaired) electrons. The molecule has 0 N–H and O–H groups in total. The van der Waals surface area contributed by atoms with E-state index in [1.54, 1.807) is 22.6 Å². The molecule has 1 aromatic heterocycles. The smallest absolute Gasteiger partial charge is 0.495 e. The summed E-state index contributed by atoms with van der Waals surface area (Å²) in [5, 5.41) is 0. The van der Waals surface area contributed by atoms with Crippen LogP contribution in [0.5, 0.6) is 11.5 Å². The van der Waals surface area contributed by atoms with Gasteiger partial charge in [0.25, 0.3) is 0 Å². The molecule has 1 heterocycles. The molecule has 8 heteroatoms. The second-order valence-electron chi connectivity index (χ2n) is 2.61. The van der Waals surface area contributed by atoms with E-state index < -0.39 is 12.1 Å². The van der Waals surface area contributed by atoms with E-state index >= 15 is 0 Å². The van der Waals surface area contributed by atoms with E-state index in [1.165, 1.54) is 7.11 Å². The third kappa shape index (κ3) is 3.55. The predicted molar refractivity (Wildman–Crippen MR) is 59.7 cm³/mol. The molecule has 0 saturated carbocycles.